The van der Waals surface area contributed by atoms with Gasteiger partial charge in [-0.1, -0.05) is 25.0 Å². The largest absolute Gasteiger partial charge is 0.321 e. The third-order valence-corrected chi connectivity index (χ3v) is 4.03. The van der Waals surface area contributed by atoms with E-state index in [4.69, 9.17) is 5.73 Å². The third kappa shape index (κ3) is 1.73. The van der Waals surface area contributed by atoms with Gasteiger partial charge in [0.15, 0.2) is 0 Å². The van der Waals surface area contributed by atoms with Crippen LogP contribution in [-0.4, -0.2) is 4.98 Å². The molecule has 0 spiro atoms. The zero-order chi connectivity index (χ0) is 11.9. The van der Waals surface area contributed by atoms with Crippen LogP contribution in [0.2, 0.25) is 0 Å². The average molecular weight is 226 g/mol. The number of aryl methyl sites for hydroxylation is 1. The van der Waals surface area contributed by atoms with Crippen molar-refractivity contribution in [1.82, 2.24) is 4.98 Å². The lowest BCUT2D eigenvalue weighted by Gasteiger charge is -2.24. The Morgan fingerprint density at radius 2 is 1.94 bits per heavy atom. The Morgan fingerprint density at radius 3 is 2.71 bits per heavy atom. The van der Waals surface area contributed by atoms with Crippen molar-refractivity contribution in [2.45, 2.75) is 38.1 Å². The standard InChI is InChI=1S/C15H18N2/c1-11-14-5-4-13(10-12(14)6-9-17-11)15(16)7-2-3-8-15/h4-6,9-10H,2-3,7-8,16H2,1H3. The van der Waals surface area contributed by atoms with Gasteiger partial charge in [0.1, 0.15) is 0 Å². The molecule has 1 fully saturated rings. The Kier molecular flexibility index (Phi) is 2.40. The van der Waals surface area contributed by atoms with Crippen molar-refractivity contribution in [2.24, 2.45) is 5.73 Å². The predicted octanol–water partition coefficient (Wildman–Crippen LogP) is 3.27. The van der Waals surface area contributed by atoms with Gasteiger partial charge in [0, 0.05) is 22.8 Å². The van der Waals surface area contributed by atoms with E-state index in [2.05, 4.69) is 36.2 Å². The summed E-state index contributed by atoms with van der Waals surface area (Å²) in [5, 5.41) is 2.49. The second kappa shape index (κ2) is 3.81. The summed E-state index contributed by atoms with van der Waals surface area (Å²) in [5.74, 6) is 0. The Bertz CT molecular complexity index is 554. The normalized spacial score (nSPS) is 18.7. The minimum absolute atomic E-state index is 0.0919. The molecule has 0 radical (unpaired) electrons. The van der Waals surface area contributed by atoms with Gasteiger partial charge in [-0.25, -0.2) is 0 Å². The van der Waals surface area contributed by atoms with E-state index in [0.717, 1.165) is 18.5 Å². The molecule has 1 aliphatic carbocycles. The van der Waals surface area contributed by atoms with E-state index in [1.165, 1.54) is 29.2 Å². The molecular formula is C15H18N2. The molecule has 1 heterocycles. The first-order valence-electron chi connectivity index (χ1n) is 6.34. The Hall–Kier alpha value is -1.41. The van der Waals surface area contributed by atoms with E-state index < -0.39 is 0 Å². The van der Waals surface area contributed by atoms with Crippen LogP contribution in [0.4, 0.5) is 0 Å². The van der Waals surface area contributed by atoms with Crippen LogP contribution < -0.4 is 5.73 Å². The van der Waals surface area contributed by atoms with Crippen molar-refractivity contribution in [1.29, 1.82) is 0 Å². The summed E-state index contributed by atoms with van der Waals surface area (Å²) in [6.45, 7) is 2.05. The minimum Gasteiger partial charge on any atom is -0.321 e. The van der Waals surface area contributed by atoms with Gasteiger partial charge in [-0.15, -0.1) is 0 Å². The fourth-order valence-corrected chi connectivity index (χ4v) is 2.93. The topological polar surface area (TPSA) is 38.9 Å². The number of nitrogens with zero attached hydrogens (tertiary/aromatic N) is 1. The fraction of sp³-hybridized carbons (Fsp3) is 0.400. The molecule has 0 atom stereocenters. The van der Waals surface area contributed by atoms with Gasteiger partial charge in [0.05, 0.1) is 0 Å². The molecule has 2 nitrogen and oxygen atoms in total. The van der Waals surface area contributed by atoms with Gasteiger partial charge in [-0.05, 0) is 42.8 Å². The highest BCUT2D eigenvalue weighted by Crippen LogP contribution is 2.37. The lowest BCUT2D eigenvalue weighted by atomic mass is 9.88. The first-order chi connectivity index (χ1) is 8.19. The summed E-state index contributed by atoms with van der Waals surface area (Å²) in [7, 11) is 0. The first-order valence-corrected chi connectivity index (χ1v) is 6.34. The van der Waals surface area contributed by atoms with Gasteiger partial charge < -0.3 is 5.73 Å². The monoisotopic (exact) mass is 226 g/mol. The van der Waals surface area contributed by atoms with Crippen molar-refractivity contribution in [3.63, 3.8) is 0 Å². The van der Waals surface area contributed by atoms with Gasteiger partial charge in [0.2, 0.25) is 0 Å². The van der Waals surface area contributed by atoms with Gasteiger partial charge in [-0.3, -0.25) is 4.98 Å². The lowest BCUT2D eigenvalue weighted by Crippen LogP contribution is -2.32. The van der Waals surface area contributed by atoms with Crippen LogP contribution in [0.5, 0.6) is 0 Å². The SMILES string of the molecule is Cc1nccc2cc(C3(N)CCCC3)ccc12. The molecule has 2 aromatic rings. The summed E-state index contributed by atoms with van der Waals surface area (Å²) in [5.41, 5.74) is 8.78. The van der Waals surface area contributed by atoms with Crippen LogP contribution >= 0.6 is 0 Å². The molecule has 0 bridgehead atoms. The average Bonchev–Trinajstić information content (AvgIpc) is 2.77. The van der Waals surface area contributed by atoms with E-state index in [1.54, 1.807) is 0 Å². The quantitative estimate of drug-likeness (QED) is 0.810. The number of rotatable bonds is 1. The highest BCUT2D eigenvalue weighted by Gasteiger charge is 2.31. The zero-order valence-corrected chi connectivity index (χ0v) is 10.2. The number of fused-ring (bicyclic) bond motifs is 1. The summed E-state index contributed by atoms with van der Waals surface area (Å²) in [4.78, 5) is 4.32. The highest BCUT2D eigenvalue weighted by atomic mass is 14.8. The number of nitrogens with two attached hydrogens (primary N) is 1. The summed E-state index contributed by atoms with van der Waals surface area (Å²) in [6.07, 6.45) is 6.61. The number of benzene rings is 1. The molecular weight excluding hydrogens is 208 g/mol. The number of aromatic nitrogens is 1. The summed E-state index contributed by atoms with van der Waals surface area (Å²) in [6, 6.07) is 8.67. The van der Waals surface area contributed by atoms with Gasteiger partial charge >= 0.3 is 0 Å². The molecule has 17 heavy (non-hydrogen) atoms. The van der Waals surface area contributed by atoms with Crippen LogP contribution in [0.25, 0.3) is 10.8 Å². The van der Waals surface area contributed by atoms with E-state index >= 15 is 0 Å². The van der Waals surface area contributed by atoms with E-state index in [9.17, 15) is 0 Å². The van der Waals surface area contributed by atoms with E-state index in [0.29, 0.717) is 0 Å². The molecule has 1 saturated carbocycles. The van der Waals surface area contributed by atoms with Gasteiger partial charge in [0.25, 0.3) is 0 Å². The Balaban J connectivity index is 2.14. The summed E-state index contributed by atoms with van der Waals surface area (Å²) < 4.78 is 0. The van der Waals surface area contributed by atoms with Crippen molar-refractivity contribution in [3.8, 4) is 0 Å². The lowest BCUT2D eigenvalue weighted by molar-refractivity contribution is 0.462. The second-order valence-corrected chi connectivity index (χ2v) is 5.20. The van der Waals surface area contributed by atoms with Crippen LogP contribution in [-0.2, 0) is 5.54 Å². The number of hydrogen-bond acceptors (Lipinski definition) is 2. The van der Waals surface area contributed by atoms with Crippen molar-refractivity contribution < 1.29 is 0 Å². The molecule has 88 valence electrons. The highest BCUT2D eigenvalue weighted by molar-refractivity contribution is 5.85. The molecule has 0 aliphatic heterocycles. The van der Waals surface area contributed by atoms with E-state index in [-0.39, 0.29) is 5.54 Å². The van der Waals surface area contributed by atoms with E-state index in [1.807, 2.05) is 6.20 Å². The molecule has 3 rings (SSSR count). The Morgan fingerprint density at radius 1 is 1.18 bits per heavy atom. The maximum Gasteiger partial charge on any atom is 0.0450 e. The van der Waals surface area contributed by atoms with Crippen LogP contribution in [0.1, 0.15) is 36.9 Å². The predicted molar refractivity (Wildman–Crippen MR) is 70.8 cm³/mol. The van der Waals surface area contributed by atoms with Crippen molar-refractivity contribution in [3.05, 3.63) is 41.7 Å². The third-order valence-electron chi connectivity index (χ3n) is 4.03. The molecule has 2 N–H and O–H groups in total. The molecule has 1 aromatic carbocycles. The zero-order valence-electron chi connectivity index (χ0n) is 10.2. The van der Waals surface area contributed by atoms with Crippen LogP contribution in [0.15, 0.2) is 30.5 Å². The number of pyridine rings is 1. The van der Waals surface area contributed by atoms with Crippen molar-refractivity contribution >= 4 is 10.8 Å². The maximum absolute atomic E-state index is 6.49. The summed E-state index contributed by atoms with van der Waals surface area (Å²) >= 11 is 0. The second-order valence-electron chi connectivity index (χ2n) is 5.20. The first kappa shape index (κ1) is 10.7. The smallest absolute Gasteiger partial charge is 0.0450 e. The van der Waals surface area contributed by atoms with Crippen molar-refractivity contribution in [2.75, 3.05) is 0 Å². The van der Waals surface area contributed by atoms with Gasteiger partial charge in [-0.2, -0.15) is 0 Å². The molecule has 1 aromatic heterocycles. The molecule has 0 unspecified atom stereocenters. The van der Waals surface area contributed by atoms with Crippen LogP contribution in [0.3, 0.4) is 0 Å². The molecule has 0 amide bonds. The maximum atomic E-state index is 6.49. The number of hydrogen-bond donors (Lipinski definition) is 1. The Labute approximate surface area is 102 Å². The molecule has 2 heteroatoms. The molecule has 1 aliphatic rings. The molecule has 0 saturated heterocycles. The minimum atomic E-state index is -0.0919. The fourth-order valence-electron chi connectivity index (χ4n) is 2.93. The van der Waals surface area contributed by atoms with Crippen LogP contribution in [0, 0.1) is 6.92 Å².